The molecule has 0 radical (unpaired) electrons. The van der Waals surface area contributed by atoms with E-state index >= 15 is 0 Å². The second kappa shape index (κ2) is 5.05. The first-order chi connectivity index (χ1) is 9.69. The van der Waals surface area contributed by atoms with Gasteiger partial charge in [-0.3, -0.25) is 15.1 Å². The molecule has 2 aromatic rings. The van der Waals surface area contributed by atoms with Gasteiger partial charge in [0.15, 0.2) is 0 Å². The van der Waals surface area contributed by atoms with E-state index in [1.807, 2.05) is 0 Å². The molecule has 0 aliphatic heterocycles. The summed E-state index contributed by atoms with van der Waals surface area (Å²) in [6.07, 6.45) is 3.61. The third-order valence-electron chi connectivity index (χ3n) is 3.73. The highest BCUT2D eigenvalue weighted by Gasteiger charge is 2.30. The molecule has 0 unspecified atom stereocenters. The molecule has 20 heavy (non-hydrogen) atoms. The van der Waals surface area contributed by atoms with Gasteiger partial charge < -0.3 is 10.5 Å². The van der Waals surface area contributed by atoms with E-state index in [0.29, 0.717) is 29.1 Å². The summed E-state index contributed by atoms with van der Waals surface area (Å²) in [7, 11) is 0. The van der Waals surface area contributed by atoms with Gasteiger partial charge in [-0.05, 0) is 43.5 Å². The van der Waals surface area contributed by atoms with E-state index in [9.17, 15) is 10.1 Å². The van der Waals surface area contributed by atoms with Crippen LogP contribution in [0.5, 0.6) is 5.75 Å². The van der Waals surface area contributed by atoms with Crippen LogP contribution in [0, 0.1) is 16.0 Å². The maximum absolute atomic E-state index is 11.0. The van der Waals surface area contributed by atoms with Gasteiger partial charge in [0.2, 0.25) is 0 Å². The lowest BCUT2D eigenvalue weighted by Crippen LogP contribution is -2.37. The first-order valence-electron chi connectivity index (χ1n) is 6.58. The van der Waals surface area contributed by atoms with Crippen molar-refractivity contribution in [3.05, 3.63) is 40.6 Å². The minimum Gasteiger partial charge on any atom is -0.488 e. The number of aromatic nitrogens is 1. The number of benzene rings is 1. The number of fused-ring (bicyclic) bond motifs is 1. The fourth-order valence-corrected chi connectivity index (χ4v) is 2.53. The number of ether oxygens (including phenoxy) is 1. The molecular weight excluding hydrogens is 258 g/mol. The molecule has 1 saturated carbocycles. The minimum atomic E-state index is -0.401. The van der Waals surface area contributed by atoms with E-state index in [-0.39, 0.29) is 11.8 Å². The zero-order chi connectivity index (χ0) is 14.1. The highest BCUT2D eigenvalue weighted by Crippen LogP contribution is 2.35. The summed E-state index contributed by atoms with van der Waals surface area (Å²) < 4.78 is 5.89. The van der Waals surface area contributed by atoms with E-state index < -0.39 is 4.92 Å². The Labute approximate surface area is 115 Å². The normalized spacial score (nSPS) is 21.4. The lowest BCUT2D eigenvalue weighted by molar-refractivity contribution is -0.383. The van der Waals surface area contributed by atoms with E-state index in [4.69, 9.17) is 10.5 Å². The zero-order valence-electron chi connectivity index (χ0n) is 10.9. The quantitative estimate of drug-likeness (QED) is 0.681. The van der Waals surface area contributed by atoms with Crippen molar-refractivity contribution in [2.75, 3.05) is 6.54 Å². The third kappa shape index (κ3) is 2.18. The number of non-ortho nitro benzene ring substituents is 1. The molecule has 6 heteroatoms. The fourth-order valence-electron chi connectivity index (χ4n) is 2.53. The van der Waals surface area contributed by atoms with Crippen molar-refractivity contribution >= 4 is 16.6 Å². The predicted octanol–water partition coefficient (Wildman–Crippen LogP) is 2.26. The van der Waals surface area contributed by atoms with Crippen LogP contribution in [0.4, 0.5) is 5.69 Å². The lowest BCUT2D eigenvalue weighted by Gasteiger charge is -2.34. The first-order valence-corrected chi connectivity index (χ1v) is 6.58. The minimum absolute atomic E-state index is 0.0499. The smallest absolute Gasteiger partial charge is 0.279 e. The molecule has 0 bridgehead atoms. The first kappa shape index (κ1) is 12.8. The maximum atomic E-state index is 11.0. The standard InChI is InChI=1S/C14H15N3O3/c15-8-9-6-10(7-9)20-13-4-3-12(17(18)19)11-2-1-5-16-14(11)13/h1-5,9-10H,6-8,15H2. The van der Waals surface area contributed by atoms with Gasteiger partial charge in [0.1, 0.15) is 11.3 Å². The molecule has 1 aliphatic carbocycles. The molecule has 104 valence electrons. The summed E-state index contributed by atoms with van der Waals surface area (Å²) in [5, 5.41) is 11.5. The maximum Gasteiger partial charge on any atom is 0.279 e. The Morgan fingerprint density at radius 2 is 2.20 bits per heavy atom. The molecule has 0 spiro atoms. The second-order valence-corrected chi connectivity index (χ2v) is 5.05. The predicted molar refractivity (Wildman–Crippen MR) is 74.6 cm³/mol. The Kier molecular flexibility index (Phi) is 3.23. The van der Waals surface area contributed by atoms with E-state index in [0.717, 1.165) is 12.8 Å². The van der Waals surface area contributed by atoms with Crippen LogP contribution >= 0.6 is 0 Å². The highest BCUT2D eigenvalue weighted by atomic mass is 16.6. The number of pyridine rings is 1. The molecule has 1 heterocycles. The van der Waals surface area contributed by atoms with Crippen molar-refractivity contribution in [1.29, 1.82) is 0 Å². The molecule has 3 rings (SSSR count). The van der Waals surface area contributed by atoms with Gasteiger partial charge >= 0.3 is 0 Å². The summed E-state index contributed by atoms with van der Waals surface area (Å²) in [5.74, 6) is 1.13. The lowest BCUT2D eigenvalue weighted by atomic mass is 9.82. The number of nitrogens with two attached hydrogens (primary N) is 1. The molecule has 0 atom stereocenters. The SMILES string of the molecule is NCC1CC(Oc2ccc([N+](=O)[O-])c3cccnc23)C1. The van der Waals surface area contributed by atoms with Crippen molar-refractivity contribution < 1.29 is 9.66 Å². The van der Waals surface area contributed by atoms with Crippen molar-refractivity contribution in [2.24, 2.45) is 11.7 Å². The Bertz CT molecular complexity index is 653. The molecule has 0 amide bonds. The summed E-state index contributed by atoms with van der Waals surface area (Å²) in [6, 6.07) is 6.48. The average Bonchev–Trinajstić information content (AvgIpc) is 2.41. The monoisotopic (exact) mass is 273 g/mol. The molecule has 1 aromatic heterocycles. The van der Waals surface area contributed by atoms with Crippen molar-refractivity contribution in [3.63, 3.8) is 0 Å². The Morgan fingerprint density at radius 3 is 2.90 bits per heavy atom. The van der Waals surface area contributed by atoms with Crippen LogP contribution in [-0.2, 0) is 0 Å². The largest absolute Gasteiger partial charge is 0.488 e. The molecule has 1 aliphatic rings. The van der Waals surface area contributed by atoms with Gasteiger partial charge in [-0.2, -0.15) is 0 Å². The topological polar surface area (TPSA) is 91.3 Å². The van der Waals surface area contributed by atoms with Crippen LogP contribution in [0.1, 0.15) is 12.8 Å². The Morgan fingerprint density at radius 1 is 1.40 bits per heavy atom. The molecular formula is C14H15N3O3. The van der Waals surface area contributed by atoms with Gasteiger partial charge in [-0.25, -0.2) is 0 Å². The van der Waals surface area contributed by atoms with Crippen LogP contribution in [-0.4, -0.2) is 22.6 Å². The third-order valence-corrected chi connectivity index (χ3v) is 3.73. The number of nitro groups is 1. The Balaban J connectivity index is 1.92. The van der Waals surface area contributed by atoms with Crippen LogP contribution in [0.15, 0.2) is 30.5 Å². The number of nitrogens with zero attached hydrogens (tertiary/aromatic N) is 2. The van der Waals surface area contributed by atoms with E-state index in [1.165, 1.54) is 6.07 Å². The van der Waals surface area contributed by atoms with Crippen LogP contribution in [0.2, 0.25) is 0 Å². The van der Waals surface area contributed by atoms with Crippen LogP contribution in [0.25, 0.3) is 10.9 Å². The number of rotatable bonds is 4. The highest BCUT2D eigenvalue weighted by molar-refractivity contribution is 5.92. The summed E-state index contributed by atoms with van der Waals surface area (Å²) >= 11 is 0. The van der Waals surface area contributed by atoms with Gasteiger partial charge in [-0.15, -0.1) is 0 Å². The van der Waals surface area contributed by atoms with E-state index in [1.54, 1.807) is 24.4 Å². The Hall–Kier alpha value is -2.21. The second-order valence-electron chi connectivity index (χ2n) is 5.05. The van der Waals surface area contributed by atoms with Crippen molar-refractivity contribution in [2.45, 2.75) is 18.9 Å². The van der Waals surface area contributed by atoms with E-state index in [2.05, 4.69) is 4.98 Å². The van der Waals surface area contributed by atoms with Crippen LogP contribution in [0.3, 0.4) is 0 Å². The molecule has 6 nitrogen and oxygen atoms in total. The average molecular weight is 273 g/mol. The molecule has 1 fully saturated rings. The van der Waals surface area contributed by atoms with Gasteiger partial charge in [0.05, 0.1) is 16.4 Å². The summed E-state index contributed by atoms with van der Waals surface area (Å²) in [4.78, 5) is 14.8. The van der Waals surface area contributed by atoms with Crippen molar-refractivity contribution in [3.8, 4) is 5.75 Å². The molecule has 1 aromatic carbocycles. The molecule has 2 N–H and O–H groups in total. The zero-order valence-corrected chi connectivity index (χ0v) is 10.9. The molecule has 0 saturated heterocycles. The summed E-state index contributed by atoms with van der Waals surface area (Å²) in [5.41, 5.74) is 6.18. The van der Waals surface area contributed by atoms with Gasteiger partial charge in [-0.1, -0.05) is 0 Å². The van der Waals surface area contributed by atoms with Gasteiger partial charge in [0, 0.05) is 12.3 Å². The summed E-state index contributed by atoms with van der Waals surface area (Å²) in [6.45, 7) is 0.680. The number of hydrogen-bond acceptors (Lipinski definition) is 5. The van der Waals surface area contributed by atoms with Gasteiger partial charge in [0.25, 0.3) is 5.69 Å². The van der Waals surface area contributed by atoms with Crippen LogP contribution < -0.4 is 10.5 Å². The number of nitro benzene ring substituents is 1. The fraction of sp³-hybridized carbons (Fsp3) is 0.357. The van der Waals surface area contributed by atoms with Crippen molar-refractivity contribution in [1.82, 2.24) is 4.98 Å². The number of hydrogen-bond donors (Lipinski definition) is 1.